The Bertz CT molecular complexity index is 1030. The highest BCUT2D eigenvalue weighted by molar-refractivity contribution is 5.91. The molecule has 4 aliphatic carbocycles. The van der Waals surface area contributed by atoms with Crippen molar-refractivity contribution in [3.63, 3.8) is 0 Å². The molecule has 5 rings (SSSR count). The van der Waals surface area contributed by atoms with Crippen LogP contribution in [0.15, 0.2) is 35.9 Å². The summed E-state index contributed by atoms with van der Waals surface area (Å²) in [7, 11) is 0. The molecule has 0 amide bonds. The Hall–Kier alpha value is -1.85. The molecule has 2 nitrogen and oxygen atoms in total. The van der Waals surface area contributed by atoms with E-state index in [9.17, 15) is 9.90 Å². The minimum Gasteiger partial charge on any atom is -0.377 e. The number of carbonyl (C=O) groups is 1. The number of aliphatic hydroxyl groups is 1. The van der Waals surface area contributed by atoms with Crippen molar-refractivity contribution in [1.29, 1.82) is 0 Å². The Morgan fingerprint density at radius 2 is 1.76 bits per heavy atom. The molecule has 4 aliphatic rings. The third kappa shape index (κ3) is 3.81. The molecule has 0 heterocycles. The molecule has 0 aliphatic heterocycles. The number of carbonyl (C=O) groups excluding carboxylic acids is 1. The number of hydrogen-bond acceptors (Lipinski definition) is 2. The number of allylic oxidation sites excluding steroid dienone is 1. The Balaban J connectivity index is 1.60. The zero-order valence-electron chi connectivity index (χ0n) is 21.1. The van der Waals surface area contributed by atoms with E-state index in [2.05, 4.69) is 70.7 Å². The fraction of sp³-hybridized carbons (Fsp3) is 0.645. The summed E-state index contributed by atoms with van der Waals surface area (Å²) < 4.78 is 0. The van der Waals surface area contributed by atoms with E-state index < -0.39 is 5.60 Å². The van der Waals surface area contributed by atoms with Gasteiger partial charge in [-0.15, -0.1) is 0 Å². The van der Waals surface area contributed by atoms with Crippen molar-refractivity contribution in [1.82, 2.24) is 0 Å². The van der Waals surface area contributed by atoms with Crippen molar-refractivity contribution in [3.8, 4) is 11.8 Å². The maximum Gasteiger partial charge on any atom is 0.155 e. The predicted molar refractivity (Wildman–Crippen MR) is 134 cm³/mol. The van der Waals surface area contributed by atoms with Gasteiger partial charge in [-0.1, -0.05) is 54.2 Å². The predicted octanol–water partition coefficient (Wildman–Crippen LogP) is 6.61. The van der Waals surface area contributed by atoms with Gasteiger partial charge in [-0.05, 0) is 107 Å². The lowest BCUT2D eigenvalue weighted by atomic mass is 9.46. The highest BCUT2D eigenvalue weighted by Crippen LogP contribution is 2.68. The van der Waals surface area contributed by atoms with Gasteiger partial charge in [-0.25, -0.2) is 0 Å². The second-order valence-electron chi connectivity index (χ2n) is 12.8. The molecule has 3 saturated carbocycles. The number of aryl methyl sites for hydroxylation is 1. The molecule has 0 saturated heterocycles. The van der Waals surface area contributed by atoms with Gasteiger partial charge in [0.1, 0.15) is 5.60 Å². The van der Waals surface area contributed by atoms with Crippen LogP contribution in [0.5, 0.6) is 0 Å². The molecule has 0 bridgehead atoms. The molecule has 1 aromatic rings. The fourth-order valence-corrected chi connectivity index (χ4v) is 7.96. The van der Waals surface area contributed by atoms with Crippen LogP contribution in [0.4, 0.5) is 0 Å². The van der Waals surface area contributed by atoms with E-state index in [1.807, 2.05) is 6.08 Å². The maximum atomic E-state index is 12.2. The lowest BCUT2D eigenvalue weighted by molar-refractivity contribution is -0.117. The monoisotopic (exact) mass is 444 g/mol. The Morgan fingerprint density at radius 3 is 2.45 bits per heavy atom. The summed E-state index contributed by atoms with van der Waals surface area (Å²) in [6.07, 6.45) is 8.72. The number of rotatable bonds is 1. The number of hydrogen-bond donors (Lipinski definition) is 1. The summed E-state index contributed by atoms with van der Waals surface area (Å²) in [6.45, 7) is 10.9. The zero-order valence-corrected chi connectivity index (χ0v) is 21.1. The van der Waals surface area contributed by atoms with E-state index in [1.54, 1.807) is 0 Å². The standard InChI is InChI=1S/C31H40O2/c1-20-6-8-21(9-7-20)26-19-30(5)27(14-15-31(30,33)17-16-29(2,3)4)25-12-10-22-18-23(32)11-13-24(22)28(25)26/h6-9,18,24-28,33H,10-15,19H2,1-5H3/t24-,25-,26+,27-,28+,30-,31+/m0/s1. The van der Waals surface area contributed by atoms with E-state index >= 15 is 0 Å². The fourth-order valence-electron chi connectivity index (χ4n) is 7.96. The van der Waals surface area contributed by atoms with Gasteiger partial charge in [-0.2, -0.15) is 0 Å². The van der Waals surface area contributed by atoms with Crippen molar-refractivity contribution in [2.75, 3.05) is 0 Å². The molecule has 1 aromatic carbocycles. The largest absolute Gasteiger partial charge is 0.377 e. The minimum absolute atomic E-state index is 0.114. The second kappa shape index (κ2) is 7.84. The lowest BCUT2D eigenvalue weighted by Gasteiger charge is -2.58. The Labute approximate surface area is 200 Å². The summed E-state index contributed by atoms with van der Waals surface area (Å²) in [5.74, 6) is 9.73. The van der Waals surface area contributed by atoms with Gasteiger partial charge >= 0.3 is 0 Å². The van der Waals surface area contributed by atoms with Gasteiger partial charge in [0.15, 0.2) is 5.78 Å². The van der Waals surface area contributed by atoms with Crippen molar-refractivity contribution >= 4 is 5.78 Å². The van der Waals surface area contributed by atoms with Crippen molar-refractivity contribution in [2.24, 2.45) is 34.5 Å². The third-order valence-electron chi connectivity index (χ3n) is 9.61. The van der Waals surface area contributed by atoms with Crippen LogP contribution in [-0.4, -0.2) is 16.5 Å². The first-order chi connectivity index (χ1) is 15.5. The molecule has 0 radical (unpaired) electrons. The zero-order chi connectivity index (χ0) is 23.6. The second-order valence-corrected chi connectivity index (χ2v) is 12.8. The minimum atomic E-state index is -0.919. The molecule has 176 valence electrons. The SMILES string of the molecule is Cc1ccc([C@H]2C[C@@]3(C)[C@@H](CC[C@@]3(O)C#CC(C)(C)C)[C@@H]3CCC4=CC(=O)CC[C@@H]4[C@H]32)cc1. The van der Waals surface area contributed by atoms with Crippen LogP contribution < -0.4 is 0 Å². The van der Waals surface area contributed by atoms with Gasteiger partial charge < -0.3 is 5.11 Å². The summed E-state index contributed by atoms with van der Waals surface area (Å²) in [6, 6.07) is 9.12. The average Bonchev–Trinajstić information content (AvgIpc) is 3.02. The molecule has 2 heteroatoms. The first kappa shape index (κ1) is 22.9. The van der Waals surface area contributed by atoms with Crippen LogP contribution in [0.2, 0.25) is 0 Å². The molecule has 3 fully saturated rings. The molecule has 0 spiro atoms. The number of benzene rings is 1. The Morgan fingerprint density at radius 1 is 1.03 bits per heavy atom. The summed E-state index contributed by atoms with van der Waals surface area (Å²) in [5, 5.41) is 12.0. The molecular weight excluding hydrogens is 404 g/mol. The summed E-state index contributed by atoms with van der Waals surface area (Å²) in [5.41, 5.74) is 2.87. The average molecular weight is 445 g/mol. The first-order valence-electron chi connectivity index (χ1n) is 13.1. The van der Waals surface area contributed by atoms with Crippen LogP contribution in [-0.2, 0) is 4.79 Å². The van der Waals surface area contributed by atoms with Crippen molar-refractivity contribution < 1.29 is 9.90 Å². The third-order valence-corrected chi connectivity index (χ3v) is 9.61. The van der Waals surface area contributed by atoms with Gasteiger partial charge in [-0.3, -0.25) is 4.79 Å². The number of fused-ring (bicyclic) bond motifs is 5. The molecule has 0 unspecified atom stereocenters. The van der Waals surface area contributed by atoms with E-state index in [0.717, 1.165) is 38.5 Å². The van der Waals surface area contributed by atoms with Crippen molar-refractivity contribution in [3.05, 3.63) is 47.0 Å². The van der Waals surface area contributed by atoms with E-state index in [-0.39, 0.29) is 10.8 Å². The lowest BCUT2D eigenvalue weighted by Crippen LogP contribution is -2.54. The smallest absolute Gasteiger partial charge is 0.155 e. The highest BCUT2D eigenvalue weighted by Gasteiger charge is 2.64. The van der Waals surface area contributed by atoms with Crippen LogP contribution >= 0.6 is 0 Å². The molecule has 33 heavy (non-hydrogen) atoms. The van der Waals surface area contributed by atoms with Crippen LogP contribution in [0.3, 0.4) is 0 Å². The van der Waals surface area contributed by atoms with E-state index in [4.69, 9.17) is 0 Å². The van der Waals surface area contributed by atoms with Crippen LogP contribution in [0, 0.1) is 53.3 Å². The first-order valence-corrected chi connectivity index (χ1v) is 13.1. The van der Waals surface area contributed by atoms with Gasteiger partial charge in [0.05, 0.1) is 0 Å². The molecule has 0 aromatic heterocycles. The number of ketones is 1. The Kier molecular flexibility index (Phi) is 5.45. The molecule has 7 atom stereocenters. The van der Waals surface area contributed by atoms with E-state index in [1.165, 1.54) is 16.7 Å². The molecule has 1 N–H and O–H groups in total. The topological polar surface area (TPSA) is 37.3 Å². The summed E-state index contributed by atoms with van der Waals surface area (Å²) in [4.78, 5) is 12.2. The van der Waals surface area contributed by atoms with Crippen LogP contribution in [0.1, 0.15) is 89.7 Å². The quantitative estimate of drug-likeness (QED) is 0.495. The van der Waals surface area contributed by atoms with Gasteiger partial charge in [0.25, 0.3) is 0 Å². The van der Waals surface area contributed by atoms with Gasteiger partial charge in [0.2, 0.25) is 0 Å². The van der Waals surface area contributed by atoms with Crippen molar-refractivity contribution in [2.45, 2.75) is 91.1 Å². The summed E-state index contributed by atoms with van der Waals surface area (Å²) >= 11 is 0. The normalized spacial score (nSPS) is 40.1. The highest BCUT2D eigenvalue weighted by atomic mass is 16.3. The maximum absolute atomic E-state index is 12.2. The molecular formula is C31H40O2. The van der Waals surface area contributed by atoms with Crippen LogP contribution in [0.25, 0.3) is 0 Å². The van der Waals surface area contributed by atoms with E-state index in [0.29, 0.717) is 41.8 Å². The van der Waals surface area contributed by atoms with Gasteiger partial charge in [0, 0.05) is 17.3 Å².